The third kappa shape index (κ3) is 1.23. The molecule has 0 aromatic heterocycles. The minimum absolute atomic E-state index is 0.0568. The minimum atomic E-state index is -0.0873. The molecule has 1 aromatic carbocycles. The van der Waals surface area contributed by atoms with E-state index in [0.717, 1.165) is 19.4 Å². The lowest BCUT2D eigenvalue weighted by Crippen LogP contribution is -2.50. The molecule has 90 valence electrons. The van der Waals surface area contributed by atoms with Gasteiger partial charge in [0.15, 0.2) is 0 Å². The molecule has 3 saturated carbocycles. The lowest BCUT2D eigenvalue weighted by atomic mass is 9.59. The summed E-state index contributed by atoms with van der Waals surface area (Å²) in [4.78, 5) is 0. The van der Waals surface area contributed by atoms with Gasteiger partial charge >= 0.3 is 0 Å². The molecule has 2 nitrogen and oxygen atoms in total. The second kappa shape index (κ2) is 3.33. The van der Waals surface area contributed by atoms with Gasteiger partial charge in [-0.15, -0.1) is 0 Å². The Morgan fingerprint density at radius 2 is 2.12 bits per heavy atom. The van der Waals surface area contributed by atoms with Crippen LogP contribution < -0.4 is 0 Å². The van der Waals surface area contributed by atoms with Gasteiger partial charge < -0.3 is 9.84 Å². The highest BCUT2D eigenvalue weighted by Gasteiger charge is 2.55. The van der Waals surface area contributed by atoms with Crippen LogP contribution in [0.3, 0.4) is 0 Å². The van der Waals surface area contributed by atoms with Gasteiger partial charge in [-0.2, -0.15) is 0 Å². The first-order valence-electron chi connectivity index (χ1n) is 6.70. The molecular weight excluding hydrogens is 212 g/mol. The van der Waals surface area contributed by atoms with E-state index >= 15 is 0 Å². The maximum Gasteiger partial charge on any atom is 0.0971 e. The monoisotopic (exact) mass is 230 g/mol. The number of rotatable bonds is 0. The summed E-state index contributed by atoms with van der Waals surface area (Å²) in [6.07, 6.45) is 4.26. The van der Waals surface area contributed by atoms with E-state index in [9.17, 15) is 5.11 Å². The van der Waals surface area contributed by atoms with Gasteiger partial charge in [-0.25, -0.2) is 0 Å². The Morgan fingerprint density at radius 3 is 2.88 bits per heavy atom. The zero-order valence-corrected chi connectivity index (χ0v) is 9.93. The highest BCUT2D eigenvalue weighted by Crippen LogP contribution is 2.57. The van der Waals surface area contributed by atoms with E-state index < -0.39 is 0 Å². The summed E-state index contributed by atoms with van der Waals surface area (Å²) >= 11 is 0. The van der Waals surface area contributed by atoms with Gasteiger partial charge in [-0.05, 0) is 48.6 Å². The van der Waals surface area contributed by atoms with Gasteiger partial charge in [-0.1, -0.05) is 24.3 Å². The second-order valence-corrected chi connectivity index (χ2v) is 5.88. The van der Waals surface area contributed by atoms with Crippen LogP contribution in [0.25, 0.3) is 0 Å². The van der Waals surface area contributed by atoms with E-state index in [1.54, 1.807) is 0 Å². The zero-order valence-electron chi connectivity index (χ0n) is 9.93. The number of aliphatic hydroxyl groups excluding tert-OH is 1. The van der Waals surface area contributed by atoms with Crippen molar-refractivity contribution in [3.8, 4) is 0 Å². The molecule has 0 amide bonds. The Kier molecular flexibility index (Phi) is 1.98. The van der Waals surface area contributed by atoms with Crippen molar-refractivity contribution >= 4 is 0 Å². The molecule has 4 aliphatic rings. The quantitative estimate of drug-likeness (QED) is 0.742. The van der Waals surface area contributed by atoms with Crippen molar-refractivity contribution in [2.75, 3.05) is 0 Å². The molecule has 5 rings (SSSR count). The van der Waals surface area contributed by atoms with E-state index in [2.05, 4.69) is 24.3 Å². The number of benzene rings is 1. The number of ether oxygens (including phenoxy) is 1. The van der Waals surface area contributed by atoms with Crippen molar-refractivity contribution in [2.45, 2.75) is 44.0 Å². The number of hydrogen-bond donors (Lipinski definition) is 1. The Bertz CT molecular complexity index is 456. The molecule has 17 heavy (non-hydrogen) atoms. The van der Waals surface area contributed by atoms with E-state index in [4.69, 9.17) is 4.74 Å². The van der Waals surface area contributed by atoms with Crippen molar-refractivity contribution < 1.29 is 9.84 Å². The Balaban J connectivity index is 1.80. The Labute approximate surface area is 102 Å². The molecule has 3 fully saturated rings. The highest BCUT2D eigenvalue weighted by atomic mass is 16.5. The third-order valence-corrected chi connectivity index (χ3v) is 5.14. The summed E-state index contributed by atoms with van der Waals surface area (Å²) in [6.45, 7) is 0.759. The summed E-state index contributed by atoms with van der Waals surface area (Å²) in [5.74, 6) is 0.970. The Hall–Kier alpha value is -0.860. The molecule has 3 aliphatic carbocycles. The topological polar surface area (TPSA) is 29.5 Å². The SMILES string of the molecule is OC1CC2CCC1CC21OCc2ccccc21. The summed E-state index contributed by atoms with van der Waals surface area (Å²) < 4.78 is 6.22. The molecule has 4 unspecified atom stereocenters. The normalized spacial score (nSPS) is 43.0. The molecule has 1 heterocycles. The van der Waals surface area contributed by atoms with Crippen LogP contribution in [0.1, 0.15) is 36.8 Å². The van der Waals surface area contributed by atoms with Crippen LogP contribution in [-0.2, 0) is 16.9 Å². The largest absolute Gasteiger partial charge is 0.393 e. The summed E-state index contributed by atoms with van der Waals surface area (Å²) in [6, 6.07) is 8.63. The van der Waals surface area contributed by atoms with Crippen LogP contribution in [0.5, 0.6) is 0 Å². The van der Waals surface area contributed by atoms with Crippen molar-refractivity contribution in [1.82, 2.24) is 0 Å². The fraction of sp³-hybridized carbons (Fsp3) is 0.600. The van der Waals surface area contributed by atoms with Gasteiger partial charge in [0.1, 0.15) is 0 Å². The van der Waals surface area contributed by atoms with Crippen molar-refractivity contribution in [3.63, 3.8) is 0 Å². The average Bonchev–Trinajstić information content (AvgIpc) is 2.72. The second-order valence-electron chi connectivity index (χ2n) is 5.88. The minimum Gasteiger partial charge on any atom is -0.393 e. The van der Waals surface area contributed by atoms with Crippen LogP contribution in [0.2, 0.25) is 0 Å². The molecule has 2 bridgehead atoms. The smallest absolute Gasteiger partial charge is 0.0971 e. The zero-order chi connectivity index (χ0) is 11.5. The fourth-order valence-corrected chi connectivity index (χ4v) is 4.28. The van der Waals surface area contributed by atoms with E-state index in [-0.39, 0.29) is 11.7 Å². The van der Waals surface area contributed by atoms with Gasteiger partial charge in [0.25, 0.3) is 0 Å². The maximum absolute atomic E-state index is 10.0. The lowest BCUT2D eigenvalue weighted by molar-refractivity contribution is -0.172. The number of fused-ring (bicyclic) bond motifs is 3. The van der Waals surface area contributed by atoms with Crippen molar-refractivity contribution in [3.05, 3.63) is 35.4 Å². The molecule has 1 aromatic rings. The molecule has 1 spiro atoms. The maximum atomic E-state index is 10.0. The molecular formula is C15H18O2. The fourth-order valence-electron chi connectivity index (χ4n) is 4.28. The number of aliphatic hydroxyl groups is 1. The summed E-state index contributed by atoms with van der Waals surface area (Å²) in [7, 11) is 0. The van der Waals surface area contributed by atoms with Crippen LogP contribution in [0, 0.1) is 11.8 Å². The van der Waals surface area contributed by atoms with Gasteiger partial charge in [-0.3, -0.25) is 0 Å². The van der Waals surface area contributed by atoms with E-state index in [0.29, 0.717) is 11.8 Å². The predicted octanol–water partition coefficient (Wildman–Crippen LogP) is 2.59. The summed E-state index contributed by atoms with van der Waals surface area (Å²) in [5.41, 5.74) is 2.70. The number of hydrogen-bond acceptors (Lipinski definition) is 2. The molecule has 1 aliphatic heterocycles. The van der Waals surface area contributed by atoms with Gasteiger partial charge in [0.2, 0.25) is 0 Å². The molecule has 0 saturated heterocycles. The predicted molar refractivity (Wildman–Crippen MR) is 64.4 cm³/mol. The van der Waals surface area contributed by atoms with Crippen molar-refractivity contribution in [2.24, 2.45) is 11.8 Å². The van der Waals surface area contributed by atoms with Crippen LogP contribution in [-0.4, -0.2) is 11.2 Å². The third-order valence-electron chi connectivity index (χ3n) is 5.14. The molecule has 0 radical (unpaired) electrons. The first kappa shape index (κ1) is 10.1. The first-order chi connectivity index (χ1) is 8.29. The van der Waals surface area contributed by atoms with Crippen LogP contribution in [0.4, 0.5) is 0 Å². The van der Waals surface area contributed by atoms with E-state index in [1.165, 1.54) is 24.0 Å². The van der Waals surface area contributed by atoms with Gasteiger partial charge in [0.05, 0.1) is 18.3 Å². The van der Waals surface area contributed by atoms with Gasteiger partial charge in [0, 0.05) is 0 Å². The highest BCUT2D eigenvalue weighted by molar-refractivity contribution is 5.37. The Morgan fingerprint density at radius 1 is 1.24 bits per heavy atom. The molecule has 1 N–H and O–H groups in total. The van der Waals surface area contributed by atoms with E-state index in [1.807, 2.05) is 0 Å². The lowest BCUT2D eigenvalue weighted by Gasteiger charge is -2.51. The van der Waals surface area contributed by atoms with Crippen LogP contribution in [0.15, 0.2) is 24.3 Å². The summed E-state index contributed by atoms with van der Waals surface area (Å²) in [5, 5.41) is 10.0. The molecule has 4 atom stereocenters. The van der Waals surface area contributed by atoms with Crippen LogP contribution >= 0.6 is 0 Å². The molecule has 2 heteroatoms. The first-order valence-corrected chi connectivity index (χ1v) is 6.70. The van der Waals surface area contributed by atoms with Crippen molar-refractivity contribution in [1.29, 1.82) is 0 Å². The standard InChI is InChI=1S/C15H18O2/c16-14-7-12-6-5-10(14)8-15(12)13-4-2-1-3-11(13)9-17-15/h1-4,10,12,14,16H,5-9H2. The average molecular weight is 230 g/mol.